The van der Waals surface area contributed by atoms with Gasteiger partial charge in [0.05, 0.1) is 0 Å². The predicted molar refractivity (Wildman–Crippen MR) is 112 cm³/mol. The second kappa shape index (κ2) is 7.76. The number of ether oxygens (including phenoxy) is 1. The molecule has 2 aliphatic carbocycles. The molecular weight excluding hydrogens is 466 g/mol. The molecule has 27 heavy (non-hydrogen) atoms. The Bertz CT molecular complexity index is 795. The van der Waals surface area contributed by atoms with E-state index in [0.29, 0.717) is 25.7 Å². The van der Waals surface area contributed by atoms with Gasteiger partial charge in [-0.15, -0.1) is 0 Å². The zero-order valence-electron chi connectivity index (χ0n) is 15.9. The summed E-state index contributed by atoms with van der Waals surface area (Å²) in [6.45, 7) is 2.44. The van der Waals surface area contributed by atoms with E-state index in [1.54, 1.807) is 7.11 Å². The topological polar surface area (TPSA) is 26.3 Å². The van der Waals surface area contributed by atoms with Crippen LogP contribution in [0.5, 0.6) is 0 Å². The number of methoxy groups -OCH3 is 1. The fourth-order valence-corrected chi connectivity index (χ4v) is 12.4. The first kappa shape index (κ1) is 19.3. The molecule has 0 heterocycles. The third-order valence-corrected chi connectivity index (χ3v) is 12.8. The molecule has 0 N–H and O–H groups in total. The zero-order valence-corrected chi connectivity index (χ0v) is 19.3. The van der Waals surface area contributed by atoms with E-state index in [4.69, 9.17) is 4.74 Å². The molecule has 4 heteroatoms. The number of benzene rings is 2. The van der Waals surface area contributed by atoms with E-state index in [-0.39, 0.29) is 30.7 Å². The van der Waals surface area contributed by atoms with E-state index in [9.17, 15) is 4.79 Å². The maximum absolute atomic E-state index is 13.2. The van der Waals surface area contributed by atoms with E-state index in [1.165, 1.54) is 28.2 Å². The summed E-state index contributed by atoms with van der Waals surface area (Å²) in [6, 6.07) is 21.5. The summed E-state index contributed by atoms with van der Waals surface area (Å²) in [5, 5.41) is 0. The van der Waals surface area contributed by atoms with Crippen molar-refractivity contribution in [2.45, 2.75) is 41.7 Å². The Kier molecular flexibility index (Phi) is 5.54. The van der Waals surface area contributed by atoms with Crippen LogP contribution in [0, 0.1) is 11.3 Å². The van der Waals surface area contributed by atoms with Crippen molar-refractivity contribution < 1.29 is 9.53 Å². The third-order valence-electron chi connectivity index (χ3n) is 6.16. The van der Waals surface area contributed by atoms with Gasteiger partial charge in [-0.2, -0.15) is 0 Å². The minimum atomic E-state index is -0.310. The second-order valence-corrected chi connectivity index (χ2v) is 13.5. The molecule has 0 amide bonds. The normalized spacial score (nSPS) is 32.2. The van der Waals surface area contributed by atoms with Gasteiger partial charge in [0.2, 0.25) is 0 Å². The van der Waals surface area contributed by atoms with Gasteiger partial charge in [0.15, 0.2) is 0 Å². The number of hydrogen-bond donors (Lipinski definition) is 0. The Labute approximate surface area is 174 Å². The van der Waals surface area contributed by atoms with Crippen molar-refractivity contribution in [2.24, 2.45) is 11.3 Å². The molecule has 2 saturated carbocycles. The fraction of sp³-hybridized carbons (Fsp3) is 0.435. The molecule has 2 nitrogen and oxygen atoms in total. The number of carbonyl (C=O) groups is 1. The van der Waals surface area contributed by atoms with E-state index < -0.39 is 0 Å². The molecule has 2 aliphatic rings. The summed E-state index contributed by atoms with van der Waals surface area (Å²) in [6.07, 6.45) is 4.64. The van der Waals surface area contributed by atoms with Crippen molar-refractivity contribution >= 4 is 44.8 Å². The summed E-state index contributed by atoms with van der Waals surface area (Å²) in [4.78, 5) is 13.8. The third kappa shape index (κ3) is 3.54. The van der Waals surface area contributed by atoms with Crippen molar-refractivity contribution in [1.82, 2.24) is 0 Å². The standard InChI is InChI=1S/C23H26O2Se2/c1-22-15-9-14-19(20(22)26-17-10-5-3-6-11-17)23(16-22,21(24)25-2)27-18-12-7-4-8-13-18/h3-8,10-13,19-20H,9,14-16H2,1-2H3/t19-,20+,22-,23-/m0/s1. The molecule has 0 saturated heterocycles. The molecule has 0 radical (unpaired) electrons. The molecule has 142 valence electrons. The molecule has 0 unspecified atom stereocenters. The zero-order chi connectivity index (χ0) is 18.9. The number of fused-ring (bicyclic) bond motifs is 2. The van der Waals surface area contributed by atoms with Crippen molar-refractivity contribution in [2.75, 3.05) is 7.11 Å². The summed E-state index contributed by atoms with van der Waals surface area (Å²) in [7, 11) is 1.58. The van der Waals surface area contributed by atoms with Crippen molar-refractivity contribution in [3.05, 3.63) is 60.7 Å². The summed E-state index contributed by atoms with van der Waals surface area (Å²) < 4.78 is 7.91. The van der Waals surface area contributed by atoms with Crippen LogP contribution in [0.15, 0.2) is 60.7 Å². The molecule has 2 aromatic rings. The first-order valence-electron chi connectivity index (χ1n) is 9.62. The molecule has 2 aromatic carbocycles. The summed E-state index contributed by atoms with van der Waals surface area (Å²) >= 11 is 0.489. The number of rotatable bonds is 5. The Morgan fingerprint density at radius 1 is 1.04 bits per heavy atom. The minimum absolute atomic E-state index is 0.0378. The fourth-order valence-electron chi connectivity index (χ4n) is 5.02. The van der Waals surface area contributed by atoms with Crippen LogP contribution in [0.4, 0.5) is 0 Å². The Morgan fingerprint density at radius 2 is 1.67 bits per heavy atom. The van der Waals surface area contributed by atoms with Crippen LogP contribution in [0.3, 0.4) is 0 Å². The Morgan fingerprint density at radius 3 is 2.30 bits per heavy atom. The number of hydrogen-bond acceptors (Lipinski definition) is 2. The first-order chi connectivity index (χ1) is 13.1. The van der Waals surface area contributed by atoms with Gasteiger partial charge in [-0.25, -0.2) is 0 Å². The molecule has 2 bridgehead atoms. The number of esters is 1. The van der Waals surface area contributed by atoms with Crippen LogP contribution in [0.1, 0.15) is 32.6 Å². The Balaban J connectivity index is 1.72. The quantitative estimate of drug-likeness (QED) is 0.473. The van der Waals surface area contributed by atoms with E-state index in [1.807, 2.05) is 0 Å². The van der Waals surface area contributed by atoms with Gasteiger partial charge < -0.3 is 0 Å². The van der Waals surface area contributed by atoms with Crippen LogP contribution in [0.25, 0.3) is 0 Å². The monoisotopic (exact) mass is 494 g/mol. The van der Waals surface area contributed by atoms with Gasteiger partial charge in [0.25, 0.3) is 0 Å². The van der Waals surface area contributed by atoms with E-state index in [2.05, 4.69) is 67.6 Å². The molecular formula is C23H26O2Se2. The summed E-state index contributed by atoms with van der Waals surface area (Å²) in [5.41, 5.74) is 0.253. The van der Waals surface area contributed by atoms with Crippen LogP contribution in [0.2, 0.25) is 9.13 Å². The molecule has 0 spiro atoms. The SMILES string of the molecule is COC(=O)[C@]1([Se]c2ccccc2)C[C@]2(C)CCC[C@H]1[C@H]2[Se]c1ccccc1. The van der Waals surface area contributed by atoms with E-state index in [0.717, 1.165) is 6.42 Å². The van der Waals surface area contributed by atoms with Crippen molar-refractivity contribution in [3.63, 3.8) is 0 Å². The number of carbonyl (C=O) groups excluding carboxylic acids is 1. The van der Waals surface area contributed by atoms with E-state index >= 15 is 0 Å². The molecule has 4 atom stereocenters. The first-order valence-corrected chi connectivity index (χ1v) is 13.2. The van der Waals surface area contributed by atoms with Crippen LogP contribution in [-0.4, -0.2) is 43.0 Å². The predicted octanol–water partition coefficient (Wildman–Crippen LogP) is 3.38. The molecule has 0 aromatic heterocycles. The average Bonchev–Trinajstić information content (AvgIpc) is 2.82. The van der Waals surface area contributed by atoms with Gasteiger partial charge in [-0.05, 0) is 0 Å². The van der Waals surface area contributed by atoms with Gasteiger partial charge in [0.1, 0.15) is 0 Å². The van der Waals surface area contributed by atoms with Crippen LogP contribution >= 0.6 is 0 Å². The molecule has 2 fully saturated rings. The van der Waals surface area contributed by atoms with Gasteiger partial charge in [-0.1, -0.05) is 0 Å². The van der Waals surface area contributed by atoms with Crippen molar-refractivity contribution in [1.29, 1.82) is 0 Å². The van der Waals surface area contributed by atoms with Gasteiger partial charge in [-0.3, -0.25) is 0 Å². The van der Waals surface area contributed by atoms with Gasteiger partial charge in [0, 0.05) is 0 Å². The molecule has 4 rings (SSSR count). The average molecular weight is 492 g/mol. The van der Waals surface area contributed by atoms with Crippen LogP contribution < -0.4 is 8.92 Å². The van der Waals surface area contributed by atoms with Crippen LogP contribution in [-0.2, 0) is 9.53 Å². The Hall–Kier alpha value is -1.05. The van der Waals surface area contributed by atoms with Crippen molar-refractivity contribution in [3.8, 4) is 0 Å². The maximum atomic E-state index is 13.2. The van der Waals surface area contributed by atoms with Gasteiger partial charge >= 0.3 is 175 Å². The second-order valence-electron chi connectivity index (χ2n) is 7.98. The summed E-state index contributed by atoms with van der Waals surface area (Å²) in [5.74, 6) is 0.486. The molecule has 0 aliphatic heterocycles.